The molecule has 0 amide bonds. The molecule has 1 nitrogen and oxygen atoms in total. The van der Waals surface area contributed by atoms with Crippen LogP contribution in [0.4, 0.5) is 30.7 Å². The zero-order valence-corrected chi connectivity index (χ0v) is 25.9. The fraction of sp³-hybridized carbons (Fsp3) is 0.368. The van der Waals surface area contributed by atoms with Gasteiger partial charge >= 0.3 is 6.11 Å². The Morgan fingerprint density at radius 3 is 1.89 bits per heavy atom. The van der Waals surface area contributed by atoms with Gasteiger partial charge in [-0.3, -0.25) is 0 Å². The molecule has 0 spiro atoms. The molecule has 4 aromatic rings. The zero-order chi connectivity index (χ0) is 33.0. The van der Waals surface area contributed by atoms with E-state index < -0.39 is 46.5 Å². The van der Waals surface area contributed by atoms with E-state index in [-0.39, 0.29) is 28.2 Å². The number of benzene rings is 4. The number of rotatable bonds is 11. The highest BCUT2D eigenvalue weighted by atomic mass is 19.3. The van der Waals surface area contributed by atoms with E-state index in [9.17, 15) is 8.78 Å². The smallest absolute Gasteiger partial charge is 0.429 e. The van der Waals surface area contributed by atoms with Gasteiger partial charge in [0.25, 0.3) is 0 Å². The second-order valence-corrected chi connectivity index (χ2v) is 12.2. The minimum Gasteiger partial charge on any atom is -0.429 e. The Kier molecular flexibility index (Phi) is 10.4. The van der Waals surface area contributed by atoms with E-state index in [1.54, 1.807) is 13.0 Å². The Bertz CT molecular complexity index is 1650. The van der Waals surface area contributed by atoms with Gasteiger partial charge < -0.3 is 4.74 Å². The summed E-state index contributed by atoms with van der Waals surface area (Å²) in [6, 6.07) is 12.7. The van der Waals surface area contributed by atoms with Crippen molar-refractivity contribution in [2.24, 2.45) is 5.92 Å². The Morgan fingerprint density at radius 2 is 1.28 bits per heavy atom. The van der Waals surface area contributed by atoms with E-state index >= 15 is 22.0 Å². The van der Waals surface area contributed by atoms with Gasteiger partial charge in [-0.05, 0) is 103 Å². The van der Waals surface area contributed by atoms with Crippen molar-refractivity contribution in [3.8, 4) is 28.0 Å². The highest BCUT2D eigenvalue weighted by molar-refractivity contribution is 5.66. The van der Waals surface area contributed by atoms with Gasteiger partial charge in [0.1, 0.15) is 40.4 Å². The van der Waals surface area contributed by atoms with Crippen molar-refractivity contribution in [2.45, 2.75) is 83.7 Å². The normalized spacial score (nSPS) is 16.9. The number of aryl methyl sites for hydroxylation is 1. The van der Waals surface area contributed by atoms with Gasteiger partial charge in [-0.1, -0.05) is 63.8 Å². The second kappa shape index (κ2) is 14.3. The molecule has 1 fully saturated rings. The van der Waals surface area contributed by atoms with Crippen LogP contribution in [0.3, 0.4) is 0 Å². The van der Waals surface area contributed by atoms with Crippen LogP contribution in [-0.4, -0.2) is 0 Å². The predicted octanol–water partition coefficient (Wildman–Crippen LogP) is 12.3. The molecule has 244 valence electrons. The van der Waals surface area contributed by atoms with E-state index in [0.29, 0.717) is 36.1 Å². The summed E-state index contributed by atoms with van der Waals surface area (Å²) in [4.78, 5) is 0. The van der Waals surface area contributed by atoms with Crippen molar-refractivity contribution in [1.29, 1.82) is 0 Å². The second-order valence-electron chi connectivity index (χ2n) is 12.2. The van der Waals surface area contributed by atoms with Crippen LogP contribution >= 0.6 is 0 Å². The molecule has 0 unspecified atom stereocenters. The molecule has 1 saturated carbocycles. The summed E-state index contributed by atoms with van der Waals surface area (Å²) in [5.41, 5.74) is -0.686. The molecular formula is C38H37F7O. The lowest BCUT2D eigenvalue weighted by atomic mass is 9.77. The third-order valence-electron chi connectivity index (χ3n) is 9.10. The van der Waals surface area contributed by atoms with Crippen LogP contribution < -0.4 is 4.74 Å². The van der Waals surface area contributed by atoms with Crippen molar-refractivity contribution in [1.82, 2.24) is 0 Å². The van der Waals surface area contributed by atoms with E-state index in [1.807, 2.05) is 0 Å². The largest absolute Gasteiger partial charge is 0.432 e. The van der Waals surface area contributed by atoms with E-state index in [1.165, 1.54) is 49.9 Å². The molecule has 1 aliphatic rings. The molecule has 46 heavy (non-hydrogen) atoms. The molecule has 4 aromatic carbocycles. The van der Waals surface area contributed by atoms with Crippen LogP contribution in [0.2, 0.25) is 0 Å². The van der Waals surface area contributed by atoms with Gasteiger partial charge in [0.15, 0.2) is 0 Å². The Labute approximate surface area is 265 Å². The van der Waals surface area contributed by atoms with Crippen molar-refractivity contribution < 1.29 is 35.5 Å². The monoisotopic (exact) mass is 642 g/mol. The lowest BCUT2D eigenvalue weighted by Gasteiger charge is -2.29. The van der Waals surface area contributed by atoms with Gasteiger partial charge in [-0.15, -0.1) is 0 Å². The highest BCUT2D eigenvalue weighted by Crippen LogP contribution is 2.41. The molecule has 8 heteroatoms. The van der Waals surface area contributed by atoms with E-state index in [4.69, 9.17) is 0 Å². The van der Waals surface area contributed by atoms with E-state index in [0.717, 1.165) is 49.4 Å². The molecule has 0 aliphatic heterocycles. The molecular weight excluding hydrogens is 605 g/mol. The summed E-state index contributed by atoms with van der Waals surface area (Å²) in [5.74, 6) is -5.33. The Balaban J connectivity index is 1.30. The molecule has 5 rings (SSSR count). The summed E-state index contributed by atoms with van der Waals surface area (Å²) in [6.07, 6.45) is 4.80. The fourth-order valence-corrected chi connectivity index (χ4v) is 6.49. The average molecular weight is 643 g/mol. The minimum absolute atomic E-state index is 0.0675. The fourth-order valence-electron chi connectivity index (χ4n) is 6.49. The number of halogens is 7. The maximum absolute atomic E-state index is 15.2. The van der Waals surface area contributed by atoms with Gasteiger partial charge in [0.2, 0.25) is 0 Å². The van der Waals surface area contributed by atoms with Crippen molar-refractivity contribution in [2.75, 3.05) is 0 Å². The molecule has 0 aromatic heterocycles. The minimum atomic E-state index is -4.53. The van der Waals surface area contributed by atoms with Crippen LogP contribution in [0.5, 0.6) is 5.75 Å². The topological polar surface area (TPSA) is 9.23 Å². The highest BCUT2D eigenvalue weighted by Gasteiger charge is 2.41. The van der Waals surface area contributed by atoms with Gasteiger partial charge in [0.05, 0.1) is 0 Å². The Hall–Kier alpha value is -3.81. The molecule has 1 aliphatic carbocycles. The quantitative estimate of drug-likeness (QED) is 0.117. The molecule has 0 heterocycles. The first-order valence-electron chi connectivity index (χ1n) is 15.9. The molecule has 0 atom stereocenters. The SMILES string of the molecule is CCCCCC1CCC(c2ccc(-c3cc(F)c(C(F)(F)Oc4ccc(-c5ccc(CC)c(F)c5)c(F)c4)c(F)c3)c(F)c2)CC1. The standard InChI is InChI=1S/C38H37F7O/c1-3-5-6-7-23-8-10-25(11-9-23)26-14-16-31(33(40)18-26)28-20-35(42)37(36(43)21-28)38(44,45)46-29-15-17-30(34(41)22-29)27-13-12-24(4-2)32(39)19-27/h12-23,25H,3-11H2,1-2H3. The van der Waals surface area contributed by atoms with Gasteiger partial charge in [0, 0.05) is 17.2 Å². The lowest BCUT2D eigenvalue weighted by molar-refractivity contribution is -0.189. The summed E-state index contributed by atoms with van der Waals surface area (Å²) in [5, 5.41) is 0. The number of ether oxygens (including phenoxy) is 1. The number of hydrogen-bond donors (Lipinski definition) is 0. The van der Waals surface area contributed by atoms with Gasteiger partial charge in [-0.25, -0.2) is 22.0 Å². The van der Waals surface area contributed by atoms with Crippen LogP contribution in [0.25, 0.3) is 22.3 Å². The molecule has 0 radical (unpaired) electrons. The molecule has 0 bridgehead atoms. The first-order valence-corrected chi connectivity index (χ1v) is 15.9. The van der Waals surface area contributed by atoms with Crippen LogP contribution in [0.15, 0.2) is 66.7 Å². The first-order chi connectivity index (χ1) is 22.0. The third kappa shape index (κ3) is 7.42. The van der Waals surface area contributed by atoms with Crippen LogP contribution in [0, 0.1) is 35.0 Å². The van der Waals surface area contributed by atoms with Crippen LogP contribution in [-0.2, 0) is 12.5 Å². The molecule has 0 saturated heterocycles. The summed E-state index contributed by atoms with van der Waals surface area (Å²) in [6.45, 7) is 3.94. The Morgan fingerprint density at radius 1 is 0.652 bits per heavy atom. The van der Waals surface area contributed by atoms with Crippen molar-refractivity contribution in [3.05, 3.63) is 113 Å². The predicted molar refractivity (Wildman–Crippen MR) is 166 cm³/mol. The van der Waals surface area contributed by atoms with E-state index in [2.05, 4.69) is 11.7 Å². The number of alkyl halides is 2. The number of hydrogen-bond acceptors (Lipinski definition) is 1. The first kappa shape index (κ1) is 33.6. The average Bonchev–Trinajstić information content (AvgIpc) is 3.01. The maximum Gasteiger partial charge on any atom is 0.432 e. The third-order valence-corrected chi connectivity index (χ3v) is 9.10. The summed E-state index contributed by atoms with van der Waals surface area (Å²) in [7, 11) is 0. The van der Waals surface area contributed by atoms with Crippen LogP contribution in [0.1, 0.15) is 87.8 Å². The molecule has 0 N–H and O–H groups in total. The lowest BCUT2D eigenvalue weighted by Crippen LogP contribution is -2.25. The maximum atomic E-state index is 15.2. The van der Waals surface area contributed by atoms with Crippen molar-refractivity contribution in [3.63, 3.8) is 0 Å². The number of unbranched alkanes of at least 4 members (excludes halogenated alkanes) is 2. The summed E-state index contributed by atoms with van der Waals surface area (Å²) >= 11 is 0. The van der Waals surface area contributed by atoms with Gasteiger partial charge in [-0.2, -0.15) is 8.78 Å². The summed E-state index contributed by atoms with van der Waals surface area (Å²) < 4.78 is 109. The zero-order valence-electron chi connectivity index (χ0n) is 25.9. The van der Waals surface area contributed by atoms with Crippen molar-refractivity contribution >= 4 is 0 Å².